The molecule has 2 saturated heterocycles. The summed E-state index contributed by atoms with van der Waals surface area (Å²) < 4.78 is 27.0. The Labute approximate surface area is 229 Å². The molecule has 0 spiro atoms. The molecule has 0 bridgehead atoms. The molecule has 218 valence electrons. The maximum atomic E-state index is 12.1. The van der Waals surface area contributed by atoms with Crippen molar-refractivity contribution in [2.45, 2.75) is 55.3 Å². The van der Waals surface area contributed by atoms with E-state index < -0.39 is 74.5 Å². The van der Waals surface area contributed by atoms with Crippen molar-refractivity contribution in [3.8, 4) is 11.5 Å². The zero-order valence-electron chi connectivity index (χ0n) is 21.2. The van der Waals surface area contributed by atoms with Gasteiger partial charge in [-0.3, -0.25) is 0 Å². The Morgan fingerprint density at radius 3 is 2.42 bits per heavy atom. The van der Waals surface area contributed by atoms with Crippen molar-refractivity contribution in [2.24, 2.45) is 0 Å². The second-order valence-corrected chi connectivity index (χ2v) is 9.56. The van der Waals surface area contributed by atoms with Crippen LogP contribution in [0.25, 0.3) is 6.08 Å². The van der Waals surface area contributed by atoms with Crippen LogP contribution in [0.1, 0.15) is 11.1 Å². The van der Waals surface area contributed by atoms with Crippen molar-refractivity contribution in [2.75, 3.05) is 19.8 Å². The Bertz CT molecular complexity index is 1160. The maximum Gasteiger partial charge on any atom is 0.330 e. The van der Waals surface area contributed by atoms with E-state index in [1.807, 2.05) is 18.2 Å². The summed E-state index contributed by atoms with van der Waals surface area (Å²) in [6.45, 7) is -1.42. The molecule has 0 saturated carbocycles. The highest BCUT2D eigenvalue weighted by atomic mass is 16.7. The number of aliphatic hydroxyl groups excluding tert-OH is 4. The number of hydrogen-bond acceptors (Lipinski definition) is 13. The van der Waals surface area contributed by atoms with Crippen LogP contribution in [0.2, 0.25) is 0 Å². The minimum atomic E-state index is -2.01. The smallest absolute Gasteiger partial charge is 0.330 e. The van der Waals surface area contributed by atoms with Crippen LogP contribution in [0.3, 0.4) is 0 Å². The molecule has 0 radical (unpaired) electrons. The lowest BCUT2D eigenvalue weighted by Crippen LogP contribution is -2.59. The number of aromatic hydroxyl groups is 2. The Morgan fingerprint density at radius 1 is 0.950 bits per heavy atom. The largest absolute Gasteiger partial charge is 0.504 e. The van der Waals surface area contributed by atoms with Crippen molar-refractivity contribution >= 4 is 12.0 Å². The molecule has 0 aromatic heterocycles. The van der Waals surface area contributed by atoms with Crippen molar-refractivity contribution in [1.82, 2.24) is 0 Å². The fourth-order valence-corrected chi connectivity index (χ4v) is 4.11. The van der Waals surface area contributed by atoms with Gasteiger partial charge in [0.25, 0.3) is 0 Å². The van der Waals surface area contributed by atoms with E-state index >= 15 is 0 Å². The first-order chi connectivity index (χ1) is 19.1. The second kappa shape index (κ2) is 13.0. The van der Waals surface area contributed by atoms with E-state index in [9.17, 15) is 40.5 Å². The standard InChI is InChI=1S/C27H32O13/c28-17-8-6-15(10-18(17)29)7-9-20(30)38-13-27(35)14-39-26(24(27)34)37-12-19-21(31)22(32)23(33)25(40-19)36-11-16-4-2-1-3-5-16/h1-10,19,21-26,28-29,31-35H,11-14H2/b9-7+/t19-,21-,22+,23-,24+,25-,26-,27-/m1/s1. The molecular weight excluding hydrogens is 532 g/mol. The van der Waals surface area contributed by atoms with E-state index in [-0.39, 0.29) is 18.1 Å². The Kier molecular flexibility index (Phi) is 9.73. The van der Waals surface area contributed by atoms with Gasteiger partial charge in [-0.05, 0) is 29.3 Å². The average molecular weight is 565 g/mol. The molecule has 7 N–H and O–H groups in total. The summed E-state index contributed by atoms with van der Waals surface area (Å²) in [5.74, 6) is -1.54. The number of esters is 1. The number of phenols is 2. The Hall–Kier alpha value is -3.11. The highest BCUT2D eigenvalue weighted by molar-refractivity contribution is 5.87. The van der Waals surface area contributed by atoms with Crippen molar-refractivity contribution < 1.29 is 64.2 Å². The molecule has 2 heterocycles. The van der Waals surface area contributed by atoms with Gasteiger partial charge in [0.1, 0.15) is 37.1 Å². The van der Waals surface area contributed by atoms with Gasteiger partial charge in [-0.15, -0.1) is 0 Å². The molecule has 2 aliphatic heterocycles. The number of rotatable bonds is 10. The number of carbonyl (C=O) groups is 1. The molecule has 40 heavy (non-hydrogen) atoms. The second-order valence-electron chi connectivity index (χ2n) is 9.56. The van der Waals surface area contributed by atoms with Crippen molar-refractivity contribution in [3.05, 3.63) is 65.7 Å². The number of aliphatic hydroxyl groups is 5. The van der Waals surface area contributed by atoms with Gasteiger partial charge in [0.2, 0.25) is 0 Å². The highest BCUT2D eigenvalue weighted by Crippen LogP contribution is 2.29. The van der Waals surface area contributed by atoms with Crippen LogP contribution in [-0.4, -0.2) is 110 Å². The topological polar surface area (TPSA) is 205 Å². The number of phenolic OH excluding ortho intramolecular Hbond substituents is 2. The number of benzene rings is 2. The molecule has 13 heteroatoms. The molecule has 0 amide bonds. The SMILES string of the molecule is O=C(/C=C/c1ccc(O)c(O)c1)OC[C@@]1(O)CO[C@@H](OC[C@H]2O[C@@H](OCc3ccccc3)[C@H](O)[C@@H](O)[C@@H]2O)[C@@H]1O. The lowest BCUT2D eigenvalue weighted by atomic mass is 9.99. The first kappa shape index (κ1) is 29.9. The minimum absolute atomic E-state index is 0.0712. The van der Waals surface area contributed by atoms with Crippen LogP contribution in [-0.2, 0) is 35.1 Å². The lowest BCUT2D eigenvalue weighted by Gasteiger charge is -2.40. The fourth-order valence-electron chi connectivity index (χ4n) is 4.11. The molecule has 2 aliphatic rings. The van der Waals surface area contributed by atoms with E-state index in [1.54, 1.807) is 12.1 Å². The molecule has 8 atom stereocenters. The molecule has 2 aromatic rings. The normalized spacial score (nSPS) is 32.4. The summed E-state index contributed by atoms with van der Waals surface area (Å²) in [6.07, 6.45) is -7.83. The van der Waals surface area contributed by atoms with Crippen LogP contribution in [0.4, 0.5) is 0 Å². The molecule has 4 rings (SSSR count). The van der Waals surface area contributed by atoms with Gasteiger partial charge >= 0.3 is 5.97 Å². The van der Waals surface area contributed by atoms with Gasteiger partial charge in [-0.1, -0.05) is 36.4 Å². The van der Waals surface area contributed by atoms with Gasteiger partial charge in [0.05, 0.1) is 19.8 Å². The van der Waals surface area contributed by atoms with Crippen LogP contribution in [0, 0.1) is 0 Å². The summed E-state index contributed by atoms with van der Waals surface area (Å²) in [5, 5.41) is 71.0. The van der Waals surface area contributed by atoms with Gasteiger partial charge in [-0.25, -0.2) is 4.79 Å². The molecule has 13 nitrogen and oxygen atoms in total. The van der Waals surface area contributed by atoms with Gasteiger partial charge in [-0.2, -0.15) is 0 Å². The quantitative estimate of drug-likeness (QED) is 0.107. The number of ether oxygens (including phenoxy) is 5. The average Bonchev–Trinajstić information content (AvgIpc) is 3.24. The van der Waals surface area contributed by atoms with E-state index in [0.29, 0.717) is 5.56 Å². The molecule has 2 fully saturated rings. The third-order valence-corrected chi connectivity index (χ3v) is 6.53. The molecule has 0 aliphatic carbocycles. The van der Waals surface area contributed by atoms with Gasteiger partial charge in [0.15, 0.2) is 29.7 Å². The van der Waals surface area contributed by atoms with Crippen molar-refractivity contribution in [3.63, 3.8) is 0 Å². The van der Waals surface area contributed by atoms with E-state index in [0.717, 1.165) is 11.6 Å². The predicted molar refractivity (Wildman–Crippen MR) is 134 cm³/mol. The minimum Gasteiger partial charge on any atom is -0.504 e. The first-order valence-corrected chi connectivity index (χ1v) is 12.4. The lowest BCUT2D eigenvalue weighted by molar-refractivity contribution is -0.312. The van der Waals surface area contributed by atoms with E-state index in [4.69, 9.17) is 23.7 Å². The molecular formula is C27H32O13. The predicted octanol–water partition coefficient (Wildman–Crippen LogP) is -0.857. The number of carbonyl (C=O) groups excluding carboxylic acids is 1. The maximum absolute atomic E-state index is 12.1. The molecule has 0 unspecified atom stereocenters. The number of hydrogen-bond donors (Lipinski definition) is 7. The van der Waals surface area contributed by atoms with Crippen LogP contribution in [0.15, 0.2) is 54.6 Å². The summed E-state index contributed by atoms with van der Waals surface area (Å²) >= 11 is 0. The Morgan fingerprint density at radius 2 is 1.70 bits per heavy atom. The third kappa shape index (κ3) is 7.14. The zero-order chi connectivity index (χ0) is 28.9. The van der Waals surface area contributed by atoms with Crippen molar-refractivity contribution in [1.29, 1.82) is 0 Å². The van der Waals surface area contributed by atoms with Gasteiger partial charge in [0, 0.05) is 6.08 Å². The van der Waals surface area contributed by atoms with Crippen LogP contribution in [0.5, 0.6) is 11.5 Å². The molecule has 2 aromatic carbocycles. The fraction of sp³-hybridized carbons (Fsp3) is 0.444. The summed E-state index contributed by atoms with van der Waals surface area (Å²) in [7, 11) is 0. The highest BCUT2D eigenvalue weighted by Gasteiger charge is 2.51. The van der Waals surface area contributed by atoms with Crippen LogP contribution < -0.4 is 0 Å². The monoisotopic (exact) mass is 564 g/mol. The third-order valence-electron chi connectivity index (χ3n) is 6.53. The summed E-state index contributed by atoms with van der Waals surface area (Å²) in [5.41, 5.74) is -0.806. The zero-order valence-corrected chi connectivity index (χ0v) is 21.2. The van der Waals surface area contributed by atoms with E-state index in [2.05, 4.69) is 0 Å². The summed E-state index contributed by atoms with van der Waals surface area (Å²) in [4.78, 5) is 12.1. The first-order valence-electron chi connectivity index (χ1n) is 12.4. The Balaban J connectivity index is 1.26. The van der Waals surface area contributed by atoms with E-state index in [1.165, 1.54) is 24.3 Å². The van der Waals surface area contributed by atoms with Crippen LogP contribution >= 0.6 is 0 Å². The van der Waals surface area contributed by atoms with Gasteiger partial charge < -0.3 is 59.4 Å². The summed E-state index contributed by atoms with van der Waals surface area (Å²) in [6, 6.07) is 13.0.